The lowest BCUT2D eigenvalue weighted by atomic mass is 10.1. The van der Waals surface area contributed by atoms with E-state index in [0.717, 1.165) is 18.2 Å². The zero-order valence-electron chi connectivity index (χ0n) is 9.46. The van der Waals surface area contributed by atoms with Gasteiger partial charge >= 0.3 is 11.9 Å². The van der Waals surface area contributed by atoms with E-state index in [4.69, 9.17) is 44.1 Å². The number of alkyl halides is 2. The Bertz CT molecular complexity index is 619. The molecule has 20 heavy (non-hydrogen) atoms. The van der Waals surface area contributed by atoms with Gasteiger partial charge in [0.05, 0.1) is 4.90 Å². The molecule has 0 saturated carbocycles. The molecule has 0 spiro atoms. The van der Waals surface area contributed by atoms with Crippen LogP contribution in [0.15, 0.2) is 23.1 Å². The number of aliphatic carboxylic acids is 2. The first-order valence-corrected chi connectivity index (χ1v) is 8.05. The molecule has 0 aliphatic heterocycles. The fourth-order valence-corrected chi connectivity index (χ4v) is 2.44. The van der Waals surface area contributed by atoms with Gasteiger partial charge in [0.1, 0.15) is 0 Å². The maximum atomic E-state index is 11.3. The van der Waals surface area contributed by atoms with Crippen LogP contribution in [0.25, 0.3) is 0 Å². The van der Waals surface area contributed by atoms with Crippen molar-refractivity contribution in [3.05, 3.63) is 29.3 Å². The number of halogens is 3. The van der Waals surface area contributed by atoms with Crippen LogP contribution in [0.3, 0.4) is 0 Å². The second-order valence-corrected chi connectivity index (χ2v) is 7.11. The normalized spacial score (nSPS) is 14.6. The summed E-state index contributed by atoms with van der Waals surface area (Å²) in [6.07, 6.45) is 0. The molecule has 1 aromatic carbocycles. The minimum atomic E-state index is -4.20. The SMILES string of the molecule is O=C(O)C(Cl)c1cc(C(Cl)C(=O)O)cc(S(=O)(=O)Cl)c1. The molecule has 0 bridgehead atoms. The molecule has 2 N–H and O–H groups in total. The highest BCUT2D eigenvalue weighted by Crippen LogP contribution is 2.31. The van der Waals surface area contributed by atoms with Gasteiger partial charge < -0.3 is 10.2 Å². The van der Waals surface area contributed by atoms with Crippen molar-refractivity contribution in [3.8, 4) is 0 Å². The van der Waals surface area contributed by atoms with Gasteiger partial charge in [-0.25, -0.2) is 8.42 Å². The number of carboxylic acid groups (broad SMARTS) is 2. The molecule has 0 aromatic heterocycles. The number of hydrogen-bond donors (Lipinski definition) is 2. The molecule has 0 aliphatic rings. The number of hydrogen-bond acceptors (Lipinski definition) is 4. The summed E-state index contributed by atoms with van der Waals surface area (Å²) in [4.78, 5) is 21.1. The predicted octanol–water partition coefficient (Wildman–Crippen LogP) is 2.34. The smallest absolute Gasteiger partial charge is 0.326 e. The first-order chi connectivity index (χ1) is 9.04. The average molecular weight is 362 g/mol. The quantitative estimate of drug-likeness (QED) is 0.615. The average Bonchev–Trinajstić information content (AvgIpc) is 2.34. The van der Waals surface area contributed by atoms with Crippen LogP contribution in [0.2, 0.25) is 0 Å². The lowest BCUT2D eigenvalue weighted by Gasteiger charge is -2.11. The summed E-state index contributed by atoms with van der Waals surface area (Å²) in [5, 5.41) is 14.5. The van der Waals surface area contributed by atoms with Crippen LogP contribution in [-0.4, -0.2) is 30.6 Å². The molecule has 0 radical (unpaired) electrons. The van der Waals surface area contributed by atoms with Crippen molar-refractivity contribution in [3.63, 3.8) is 0 Å². The van der Waals surface area contributed by atoms with Gasteiger partial charge in [0.2, 0.25) is 0 Å². The first-order valence-electron chi connectivity index (χ1n) is 4.87. The van der Waals surface area contributed by atoms with Crippen molar-refractivity contribution in [2.24, 2.45) is 0 Å². The number of rotatable bonds is 5. The van der Waals surface area contributed by atoms with Crippen molar-refractivity contribution < 1.29 is 28.2 Å². The Hall–Kier alpha value is -1.02. The third kappa shape index (κ3) is 3.99. The minimum absolute atomic E-state index is 0.136. The van der Waals surface area contributed by atoms with Gasteiger partial charge in [0, 0.05) is 10.7 Å². The topological polar surface area (TPSA) is 109 Å². The van der Waals surface area contributed by atoms with E-state index in [-0.39, 0.29) is 11.1 Å². The molecule has 6 nitrogen and oxygen atoms in total. The highest BCUT2D eigenvalue weighted by Gasteiger charge is 2.25. The standard InChI is InChI=1S/C10H7Cl3O6S/c11-7(9(14)15)4-1-5(8(12)10(16)17)3-6(2-4)20(13,18)19/h1-3,7-8H,(H,14,15)(H,16,17). The molecule has 110 valence electrons. The lowest BCUT2D eigenvalue weighted by Crippen LogP contribution is -2.10. The van der Waals surface area contributed by atoms with Crippen molar-refractivity contribution in [2.75, 3.05) is 0 Å². The van der Waals surface area contributed by atoms with Gasteiger partial charge in [-0.3, -0.25) is 9.59 Å². The summed E-state index contributed by atoms with van der Waals surface area (Å²) < 4.78 is 22.6. The van der Waals surface area contributed by atoms with E-state index in [9.17, 15) is 18.0 Å². The molecule has 2 atom stereocenters. The van der Waals surface area contributed by atoms with Gasteiger partial charge in [0.25, 0.3) is 9.05 Å². The number of carbonyl (C=O) groups is 2. The zero-order chi connectivity index (χ0) is 15.7. The third-order valence-corrected chi connectivity index (χ3v) is 4.46. The van der Waals surface area contributed by atoms with Crippen LogP contribution in [0.1, 0.15) is 21.9 Å². The summed E-state index contributed by atoms with van der Waals surface area (Å²) in [6, 6.07) is 3.00. The van der Waals surface area contributed by atoms with E-state index in [1.54, 1.807) is 0 Å². The summed E-state index contributed by atoms with van der Waals surface area (Å²) in [5.41, 5.74) is -0.273. The highest BCUT2D eigenvalue weighted by atomic mass is 35.7. The van der Waals surface area contributed by atoms with Gasteiger partial charge in [-0.1, -0.05) is 6.07 Å². The van der Waals surface area contributed by atoms with Crippen molar-refractivity contribution in [1.29, 1.82) is 0 Å². The van der Waals surface area contributed by atoms with Crippen LogP contribution < -0.4 is 0 Å². The van der Waals surface area contributed by atoms with Crippen LogP contribution >= 0.6 is 33.9 Å². The van der Waals surface area contributed by atoms with Gasteiger partial charge in [-0.2, -0.15) is 0 Å². The Balaban J connectivity index is 3.51. The van der Waals surface area contributed by atoms with E-state index < -0.39 is 36.6 Å². The molecule has 0 aliphatic carbocycles. The van der Waals surface area contributed by atoms with Crippen LogP contribution in [0.5, 0.6) is 0 Å². The van der Waals surface area contributed by atoms with Gasteiger partial charge in [-0.05, 0) is 23.3 Å². The fourth-order valence-electron chi connectivity index (χ4n) is 1.36. The largest absolute Gasteiger partial charge is 0.480 e. The number of carboxylic acids is 2. The highest BCUT2D eigenvalue weighted by molar-refractivity contribution is 8.13. The second kappa shape index (κ2) is 6.17. The van der Waals surface area contributed by atoms with E-state index in [1.165, 1.54) is 0 Å². The summed E-state index contributed by atoms with van der Waals surface area (Å²) in [7, 11) is 0.965. The van der Waals surface area contributed by atoms with Gasteiger partial charge in [0.15, 0.2) is 10.8 Å². The Labute approximate surface area is 128 Å². The molecular weight excluding hydrogens is 355 g/mol. The molecule has 0 amide bonds. The molecule has 0 heterocycles. The van der Waals surface area contributed by atoms with Crippen LogP contribution in [0.4, 0.5) is 0 Å². The first kappa shape index (κ1) is 17.0. The summed E-state index contributed by atoms with van der Waals surface area (Å²) in [6.45, 7) is 0. The lowest BCUT2D eigenvalue weighted by molar-refractivity contribution is -0.137. The number of benzene rings is 1. The molecule has 0 saturated heterocycles. The fraction of sp³-hybridized carbons (Fsp3) is 0.200. The van der Waals surface area contributed by atoms with E-state index in [0.29, 0.717) is 0 Å². The van der Waals surface area contributed by atoms with Crippen LogP contribution in [0, 0.1) is 0 Å². The van der Waals surface area contributed by atoms with Crippen molar-refractivity contribution in [2.45, 2.75) is 15.6 Å². The van der Waals surface area contributed by atoms with E-state index in [1.807, 2.05) is 0 Å². The molecule has 1 rings (SSSR count). The van der Waals surface area contributed by atoms with Crippen LogP contribution in [-0.2, 0) is 18.6 Å². The molecule has 10 heteroatoms. The van der Waals surface area contributed by atoms with E-state index >= 15 is 0 Å². The predicted molar refractivity (Wildman–Crippen MR) is 71.9 cm³/mol. The van der Waals surface area contributed by atoms with E-state index in [2.05, 4.69) is 0 Å². The minimum Gasteiger partial charge on any atom is -0.480 e. The maximum absolute atomic E-state index is 11.3. The molecular formula is C10H7Cl3O6S. The van der Waals surface area contributed by atoms with Crippen molar-refractivity contribution in [1.82, 2.24) is 0 Å². The molecule has 2 unspecified atom stereocenters. The Morgan fingerprint density at radius 3 is 1.55 bits per heavy atom. The Morgan fingerprint density at radius 1 is 0.950 bits per heavy atom. The Kier molecular flexibility index (Phi) is 5.26. The molecule has 0 fully saturated rings. The Morgan fingerprint density at radius 2 is 1.30 bits per heavy atom. The summed E-state index contributed by atoms with van der Waals surface area (Å²) in [5.74, 6) is -2.86. The van der Waals surface area contributed by atoms with Gasteiger partial charge in [-0.15, -0.1) is 23.2 Å². The summed E-state index contributed by atoms with van der Waals surface area (Å²) >= 11 is 11.2. The third-order valence-electron chi connectivity index (χ3n) is 2.25. The maximum Gasteiger partial charge on any atom is 0.326 e. The second-order valence-electron chi connectivity index (χ2n) is 3.67. The monoisotopic (exact) mass is 360 g/mol. The van der Waals surface area contributed by atoms with Crippen molar-refractivity contribution >= 4 is 54.9 Å². The molecule has 1 aromatic rings. The zero-order valence-corrected chi connectivity index (χ0v) is 12.5.